The van der Waals surface area contributed by atoms with Crippen molar-refractivity contribution in [3.63, 3.8) is 0 Å². The first-order valence-electron chi connectivity index (χ1n) is 3.29. The summed E-state index contributed by atoms with van der Waals surface area (Å²) in [6, 6.07) is 0. The van der Waals surface area contributed by atoms with Gasteiger partial charge in [-0.2, -0.15) is 5.10 Å². The van der Waals surface area contributed by atoms with Gasteiger partial charge in [-0.05, 0) is 12.3 Å². The van der Waals surface area contributed by atoms with E-state index in [1.807, 2.05) is 12.3 Å². The molecule has 1 aliphatic heterocycles. The molecule has 0 aromatic carbocycles. The van der Waals surface area contributed by atoms with E-state index in [0.717, 1.165) is 22.9 Å². The van der Waals surface area contributed by atoms with Gasteiger partial charge in [0.1, 0.15) is 0 Å². The molecule has 1 aliphatic rings. The molecule has 0 spiro atoms. The zero-order valence-corrected chi connectivity index (χ0v) is 4.83. The van der Waals surface area contributed by atoms with Gasteiger partial charge in [0.2, 0.25) is 0 Å². The molecule has 0 unspecified atom stereocenters. The van der Waals surface area contributed by atoms with E-state index in [4.69, 9.17) is 1.41 Å². The Morgan fingerprint density at radius 1 is 1.78 bits per heavy atom. The molecular weight excluding hydrogens is 114 g/mol. The number of hydrogen-bond acceptors (Lipinski definition) is 2. The van der Waals surface area contributed by atoms with Crippen LogP contribution in [0.15, 0.2) is 12.4 Å². The summed E-state index contributed by atoms with van der Waals surface area (Å²) in [5.74, 6) is 0. The zero-order valence-electron chi connectivity index (χ0n) is 5.83. The summed E-state index contributed by atoms with van der Waals surface area (Å²) in [7, 11) is 0. The molecule has 3 heteroatoms. The van der Waals surface area contributed by atoms with Crippen molar-refractivity contribution in [1.29, 1.82) is 0 Å². The fraction of sp³-hybridized carbons (Fsp3) is 0.167. The minimum atomic E-state index is 0.782. The molecule has 1 aromatic rings. The summed E-state index contributed by atoms with van der Waals surface area (Å²) in [5, 5.41) is 7.96. The highest BCUT2D eigenvalue weighted by molar-refractivity contribution is 5.50. The molecule has 0 radical (unpaired) electrons. The maximum absolute atomic E-state index is 7.26. The van der Waals surface area contributed by atoms with Crippen LogP contribution >= 0.6 is 0 Å². The molecule has 46 valence electrons. The van der Waals surface area contributed by atoms with Gasteiger partial charge in [0.15, 0.2) is 1.41 Å². The van der Waals surface area contributed by atoms with Crippen molar-refractivity contribution in [3.05, 3.63) is 23.7 Å². The maximum Gasteiger partial charge on any atom is 0.190 e. The highest BCUT2D eigenvalue weighted by Gasteiger charge is 2.02. The minimum absolute atomic E-state index is 0.782. The van der Waals surface area contributed by atoms with Gasteiger partial charge in [-0.25, -0.2) is 0 Å². The first-order chi connectivity index (χ1) is 4.88. The number of hydrogen-bond donors (Lipinski definition) is 2. The monoisotopic (exact) mass is 122 g/mol. The third kappa shape index (κ3) is 0.614. The second-order valence-electron chi connectivity index (χ2n) is 1.97. The summed E-state index contributed by atoms with van der Waals surface area (Å²) in [6.45, 7) is 0.782. The molecular formula is C6H7N3. The van der Waals surface area contributed by atoms with Crippen LogP contribution in [0.4, 0.5) is 0 Å². The fourth-order valence-electron chi connectivity index (χ4n) is 0.874. The molecule has 2 N–H and O–H groups in total. The van der Waals surface area contributed by atoms with Crippen LogP contribution in [0.25, 0.3) is 6.08 Å². The average Bonchev–Trinajstić information content (AvgIpc) is 2.34. The number of aromatic amines is 1. The van der Waals surface area contributed by atoms with Gasteiger partial charge in [0.25, 0.3) is 0 Å². The van der Waals surface area contributed by atoms with Crippen molar-refractivity contribution < 1.29 is 1.41 Å². The second-order valence-corrected chi connectivity index (χ2v) is 1.97. The van der Waals surface area contributed by atoms with E-state index < -0.39 is 0 Å². The predicted molar refractivity (Wildman–Crippen MR) is 34.5 cm³/mol. The van der Waals surface area contributed by atoms with Crippen LogP contribution in [0, 0.1) is 0 Å². The van der Waals surface area contributed by atoms with Crippen molar-refractivity contribution in [2.75, 3.05) is 0 Å². The summed E-state index contributed by atoms with van der Waals surface area (Å²) in [6.07, 6.45) is 5.38. The molecule has 0 fully saturated rings. The lowest BCUT2D eigenvalue weighted by Crippen LogP contribution is -2.08. The highest BCUT2D eigenvalue weighted by atomic mass is 15.1. The minimum Gasteiger partial charge on any atom is -0.387 e. The number of rotatable bonds is 0. The number of nitrogens with zero attached hydrogens (tertiary/aromatic N) is 1. The topological polar surface area (TPSA) is 40.7 Å². The first kappa shape index (κ1) is 3.71. The Kier molecular flexibility index (Phi) is 0.667. The van der Waals surface area contributed by atoms with E-state index in [0.29, 0.717) is 0 Å². The van der Waals surface area contributed by atoms with Gasteiger partial charge in [0.05, 0.1) is 11.9 Å². The number of nitrogens with one attached hydrogen (secondary N) is 2. The van der Waals surface area contributed by atoms with Crippen LogP contribution in [0.2, 0.25) is 1.41 Å². The van der Waals surface area contributed by atoms with Crippen LogP contribution in [-0.2, 0) is 6.54 Å². The van der Waals surface area contributed by atoms with Crippen molar-refractivity contribution >= 4 is 6.08 Å². The van der Waals surface area contributed by atoms with Crippen molar-refractivity contribution in [1.82, 2.24) is 15.5 Å². The Morgan fingerprint density at radius 3 is 3.67 bits per heavy atom. The van der Waals surface area contributed by atoms with Gasteiger partial charge >= 0.3 is 0 Å². The van der Waals surface area contributed by atoms with Gasteiger partial charge in [0, 0.05) is 12.1 Å². The maximum atomic E-state index is 7.26. The van der Waals surface area contributed by atoms with Gasteiger partial charge in [-0.15, -0.1) is 0 Å². The van der Waals surface area contributed by atoms with E-state index in [-0.39, 0.29) is 0 Å². The van der Waals surface area contributed by atoms with Crippen molar-refractivity contribution in [2.45, 2.75) is 6.54 Å². The summed E-state index contributed by atoms with van der Waals surface area (Å²) < 4.78 is 7.26. The normalized spacial score (nSPS) is 16.2. The predicted octanol–water partition coefficient (Wildman–Crippen LogP) is 0.484. The lowest BCUT2D eigenvalue weighted by molar-refractivity contribution is 0.859. The van der Waals surface area contributed by atoms with Gasteiger partial charge in [-0.1, -0.05) is 0 Å². The van der Waals surface area contributed by atoms with Crippen LogP contribution in [0.3, 0.4) is 0 Å². The van der Waals surface area contributed by atoms with Crippen LogP contribution in [0.5, 0.6) is 0 Å². The molecule has 1 aromatic heterocycles. The Balaban J connectivity index is 2.57. The average molecular weight is 122 g/mol. The lowest BCUT2D eigenvalue weighted by Gasteiger charge is -2.03. The summed E-state index contributed by atoms with van der Waals surface area (Å²) >= 11 is 0. The molecule has 2 rings (SSSR count). The quantitative estimate of drug-likeness (QED) is 0.525. The largest absolute Gasteiger partial charge is 0.387 e. The number of fused-ring (bicyclic) bond motifs is 1. The van der Waals surface area contributed by atoms with Crippen molar-refractivity contribution in [3.8, 4) is 0 Å². The Hall–Kier alpha value is -1.25. The van der Waals surface area contributed by atoms with E-state index in [9.17, 15) is 0 Å². The number of aromatic nitrogens is 2. The van der Waals surface area contributed by atoms with Crippen LogP contribution < -0.4 is 5.32 Å². The zero-order chi connectivity index (χ0) is 6.97. The molecule has 3 nitrogen and oxygen atoms in total. The Bertz CT molecular complexity index is 277. The van der Waals surface area contributed by atoms with E-state index >= 15 is 0 Å². The second kappa shape index (κ2) is 1.62. The molecule has 0 aliphatic carbocycles. The molecule has 0 amide bonds. The summed E-state index contributed by atoms with van der Waals surface area (Å²) in [5.41, 5.74) is 1.95. The fourth-order valence-corrected chi connectivity index (χ4v) is 0.874. The third-order valence-electron chi connectivity index (χ3n) is 1.36. The summed E-state index contributed by atoms with van der Waals surface area (Å²) in [4.78, 5) is 0. The molecule has 2 heterocycles. The van der Waals surface area contributed by atoms with E-state index in [2.05, 4.69) is 10.4 Å². The van der Waals surface area contributed by atoms with Crippen LogP contribution in [0.1, 0.15) is 11.3 Å². The molecule has 0 saturated heterocycles. The molecule has 9 heavy (non-hydrogen) atoms. The standard InChI is InChI=1S/C6H7N3/c1-2-7-3-5-4-8-9-6(1)5/h1-2,4,7H,3H2,(H,8,9)/i/hD. The van der Waals surface area contributed by atoms with E-state index in [1.165, 1.54) is 0 Å². The molecule has 0 bridgehead atoms. The third-order valence-corrected chi connectivity index (χ3v) is 1.36. The van der Waals surface area contributed by atoms with E-state index in [1.54, 1.807) is 6.20 Å². The number of H-pyrrole nitrogens is 1. The van der Waals surface area contributed by atoms with Gasteiger partial charge in [-0.3, -0.25) is 5.09 Å². The molecule has 0 atom stereocenters. The SMILES string of the molecule is [2H]n1ncc2c1C=CNC2. The smallest absolute Gasteiger partial charge is 0.190 e. The van der Waals surface area contributed by atoms with Crippen molar-refractivity contribution in [2.24, 2.45) is 0 Å². The Morgan fingerprint density at radius 2 is 2.78 bits per heavy atom. The van der Waals surface area contributed by atoms with Crippen LogP contribution in [-0.4, -0.2) is 10.2 Å². The molecule has 0 saturated carbocycles. The lowest BCUT2D eigenvalue weighted by atomic mass is 10.2. The Labute approximate surface area is 54.2 Å². The highest BCUT2D eigenvalue weighted by Crippen LogP contribution is 2.08. The van der Waals surface area contributed by atoms with Gasteiger partial charge < -0.3 is 5.32 Å². The first-order valence-corrected chi connectivity index (χ1v) is 2.84.